The van der Waals surface area contributed by atoms with E-state index in [9.17, 15) is 4.79 Å². The molecule has 0 bridgehead atoms. The second kappa shape index (κ2) is 6.28. The summed E-state index contributed by atoms with van der Waals surface area (Å²) in [5.74, 6) is 0.712. The molecule has 0 atom stereocenters. The first kappa shape index (κ1) is 14.6. The molecule has 4 nitrogen and oxygen atoms in total. The van der Waals surface area contributed by atoms with Gasteiger partial charge in [-0.25, -0.2) is 0 Å². The van der Waals surface area contributed by atoms with E-state index in [1.54, 1.807) is 0 Å². The zero-order valence-corrected chi connectivity index (χ0v) is 13.4. The second-order valence-electron chi connectivity index (χ2n) is 6.72. The van der Waals surface area contributed by atoms with Gasteiger partial charge in [-0.3, -0.25) is 14.7 Å². The molecule has 120 valence electrons. The van der Waals surface area contributed by atoms with E-state index >= 15 is 0 Å². The Morgan fingerprint density at radius 1 is 1.04 bits per heavy atom. The van der Waals surface area contributed by atoms with E-state index < -0.39 is 0 Å². The smallest absolute Gasteiger partial charge is 0.225 e. The Kier molecular flexibility index (Phi) is 4.00. The normalized spacial score (nSPS) is 19.7. The fourth-order valence-electron chi connectivity index (χ4n) is 3.47. The largest absolute Gasteiger partial charge is 0.340 e. The van der Waals surface area contributed by atoms with E-state index in [1.807, 2.05) is 12.1 Å². The predicted molar refractivity (Wildman–Crippen MR) is 90.9 cm³/mol. The van der Waals surface area contributed by atoms with E-state index in [0.717, 1.165) is 56.8 Å². The first-order valence-corrected chi connectivity index (χ1v) is 8.65. The fraction of sp³-hybridized carbons (Fsp3) is 0.474. The first-order valence-electron chi connectivity index (χ1n) is 8.65. The van der Waals surface area contributed by atoms with Crippen molar-refractivity contribution in [3.05, 3.63) is 42.1 Å². The van der Waals surface area contributed by atoms with Crippen LogP contribution in [0.3, 0.4) is 0 Å². The summed E-state index contributed by atoms with van der Waals surface area (Å²) in [5.41, 5.74) is 2.17. The molecule has 0 unspecified atom stereocenters. The van der Waals surface area contributed by atoms with Crippen molar-refractivity contribution in [1.82, 2.24) is 14.8 Å². The van der Waals surface area contributed by atoms with Gasteiger partial charge in [0.15, 0.2) is 0 Å². The Labute approximate surface area is 137 Å². The van der Waals surface area contributed by atoms with Gasteiger partial charge in [-0.1, -0.05) is 30.7 Å². The quantitative estimate of drug-likeness (QED) is 0.874. The number of hydrogen-bond acceptors (Lipinski definition) is 3. The van der Waals surface area contributed by atoms with Crippen LogP contribution in [0.4, 0.5) is 0 Å². The average Bonchev–Trinajstić information content (AvgIpc) is 2.54. The SMILES string of the molecule is O=C(C1CCC1)N1CCN(Cc2ccc3ccccc3n2)CC1. The molecule has 4 heteroatoms. The number of nitrogens with zero attached hydrogens (tertiary/aromatic N) is 3. The molecule has 1 aliphatic heterocycles. The summed E-state index contributed by atoms with van der Waals surface area (Å²) in [6.07, 6.45) is 3.42. The molecule has 2 aromatic rings. The molecule has 0 N–H and O–H groups in total. The van der Waals surface area contributed by atoms with Crippen molar-refractivity contribution in [3.8, 4) is 0 Å². The molecular weight excluding hydrogens is 286 g/mol. The number of aromatic nitrogens is 1. The van der Waals surface area contributed by atoms with E-state index in [2.05, 4.69) is 34.1 Å². The number of fused-ring (bicyclic) bond motifs is 1. The van der Waals surface area contributed by atoms with E-state index in [1.165, 1.54) is 11.8 Å². The highest BCUT2D eigenvalue weighted by Crippen LogP contribution is 2.28. The van der Waals surface area contributed by atoms with Gasteiger partial charge in [-0.15, -0.1) is 0 Å². The van der Waals surface area contributed by atoms with Crippen molar-refractivity contribution >= 4 is 16.8 Å². The molecule has 1 saturated carbocycles. The van der Waals surface area contributed by atoms with E-state index in [0.29, 0.717) is 11.8 Å². The second-order valence-corrected chi connectivity index (χ2v) is 6.72. The molecule has 1 saturated heterocycles. The van der Waals surface area contributed by atoms with Gasteiger partial charge in [0.2, 0.25) is 5.91 Å². The molecule has 1 amide bonds. The number of piperazine rings is 1. The Balaban J connectivity index is 1.35. The lowest BCUT2D eigenvalue weighted by atomic mass is 9.84. The minimum absolute atomic E-state index is 0.323. The summed E-state index contributed by atoms with van der Waals surface area (Å²) < 4.78 is 0. The van der Waals surface area contributed by atoms with Crippen LogP contribution in [0.15, 0.2) is 36.4 Å². The minimum Gasteiger partial charge on any atom is -0.340 e. The Bertz CT molecular complexity index is 703. The molecular formula is C19H23N3O. The summed E-state index contributed by atoms with van der Waals surface area (Å²) in [6, 6.07) is 12.5. The van der Waals surface area contributed by atoms with Crippen LogP contribution < -0.4 is 0 Å². The maximum Gasteiger partial charge on any atom is 0.225 e. The molecule has 4 rings (SSSR count). The van der Waals surface area contributed by atoms with Crippen LogP contribution in [0.2, 0.25) is 0 Å². The molecule has 1 aromatic carbocycles. The van der Waals surface area contributed by atoms with Gasteiger partial charge in [0.05, 0.1) is 11.2 Å². The van der Waals surface area contributed by atoms with Gasteiger partial charge in [0, 0.05) is 44.0 Å². The Morgan fingerprint density at radius 2 is 1.83 bits per heavy atom. The van der Waals surface area contributed by atoms with Crippen LogP contribution in [0.5, 0.6) is 0 Å². The number of carbonyl (C=O) groups excluding carboxylic acids is 1. The third kappa shape index (κ3) is 3.08. The van der Waals surface area contributed by atoms with Crippen LogP contribution in [0, 0.1) is 5.92 Å². The molecule has 23 heavy (non-hydrogen) atoms. The zero-order valence-electron chi connectivity index (χ0n) is 13.4. The summed E-state index contributed by atoms with van der Waals surface area (Å²) in [6.45, 7) is 4.50. The summed E-state index contributed by atoms with van der Waals surface area (Å²) in [5, 5.41) is 1.19. The van der Waals surface area contributed by atoms with Crippen molar-refractivity contribution in [3.63, 3.8) is 0 Å². The lowest BCUT2D eigenvalue weighted by molar-refractivity contribution is -0.140. The van der Waals surface area contributed by atoms with Crippen LogP contribution in [0.25, 0.3) is 10.9 Å². The van der Waals surface area contributed by atoms with Crippen molar-refractivity contribution in [1.29, 1.82) is 0 Å². The summed E-state index contributed by atoms with van der Waals surface area (Å²) in [4.78, 5) is 21.5. The molecule has 1 aromatic heterocycles. The van der Waals surface area contributed by atoms with Gasteiger partial charge in [-0.2, -0.15) is 0 Å². The molecule has 0 spiro atoms. The lowest BCUT2D eigenvalue weighted by Gasteiger charge is -2.38. The third-order valence-electron chi connectivity index (χ3n) is 5.18. The van der Waals surface area contributed by atoms with Crippen LogP contribution in [0.1, 0.15) is 25.0 Å². The number of amides is 1. The molecule has 1 aliphatic carbocycles. The van der Waals surface area contributed by atoms with Crippen LogP contribution in [-0.4, -0.2) is 46.9 Å². The summed E-state index contributed by atoms with van der Waals surface area (Å²) in [7, 11) is 0. The minimum atomic E-state index is 0.323. The monoisotopic (exact) mass is 309 g/mol. The first-order chi connectivity index (χ1) is 11.3. The van der Waals surface area contributed by atoms with Gasteiger partial charge in [0.25, 0.3) is 0 Å². The topological polar surface area (TPSA) is 36.4 Å². The molecule has 2 heterocycles. The molecule has 2 aliphatic rings. The number of benzene rings is 1. The maximum atomic E-state index is 12.3. The number of hydrogen-bond donors (Lipinski definition) is 0. The molecule has 2 fully saturated rings. The maximum absolute atomic E-state index is 12.3. The summed E-state index contributed by atoms with van der Waals surface area (Å²) >= 11 is 0. The third-order valence-corrected chi connectivity index (χ3v) is 5.18. The van der Waals surface area contributed by atoms with E-state index in [4.69, 9.17) is 4.98 Å². The van der Waals surface area contributed by atoms with Gasteiger partial charge < -0.3 is 4.90 Å². The highest BCUT2D eigenvalue weighted by molar-refractivity contribution is 5.79. The highest BCUT2D eigenvalue weighted by atomic mass is 16.2. The Hall–Kier alpha value is -1.94. The van der Waals surface area contributed by atoms with E-state index in [-0.39, 0.29) is 0 Å². The van der Waals surface area contributed by atoms with Crippen molar-refractivity contribution < 1.29 is 4.79 Å². The number of rotatable bonds is 3. The van der Waals surface area contributed by atoms with Crippen molar-refractivity contribution in [2.45, 2.75) is 25.8 Å². The number of pyridine rings is 1. The van der Waals surface area contributed by atoms with Crippen molar-refractivity contribution in [2.75, 3.05) is 26.2 Å². The number of para-hydroxylation sites is 1. The van der Waals surface area contributed by atoms with Crippen LogP contribution >= 0.6 is 0 Å². The van der Waals surface area contributed by atoms with Crippen molar-refractivity contribution in [2.24, 2.45) is 5.92 Å². The lowest BCUT2D eigenvalue weighted by Crippen LogP contribution is -2.50. The van der Waals surface area contributed by atoms with Gasteiger partial charge in [0.1, 0.15) is 0 Å². The van der Waals surface area contributed by atoms with Gasteiger partial charge >= 0.3 is 0 Å². The highest BCUT2D eigenvalue weighted by Gasteiger charge is 2.31. The van der Waals surface area contributed by atoms with Crippen LogP contribution in [-0.2, 0) is 11.3 Å². The average molecular weight is 309 g/mol. The predicted octanol–water partition coefficient (Wildman–Crippen LogP) is 2.68. The number of carbonyl (C=O) groups is 1. The standard InChI is InChI=1S/C19H23N3O/c23-19(16-5-3-6-16)22-12-10-21(11-13-22)14-17-9-8-15-4-1-2-7-18(15)20-17/h1-2,4,7-9,16H,3,5-6,10-14H2. The Morgan fingerprint density at radius 3 is 2.57 bits per heavy atom. The fourth-order valence-corrected chi connectivity index (χ4v) is 3.47. The molecule has 0 radical (unpaired) electrons. The van der Waals surface area contributed by atoms with Gasteiger partial charge in [-0.05, 0) is 25.0 Å². The zero-order chi connectivity index (χ0) is 15.6.